The van der Waals surface area contributed by atoms with E-state index in [4.69, 9.17) is 0 Å². The zero-order chi connectivity index (χ0) is 15.7. The Balaban J connectivity index is 1.95. The molecule has 0 aliphatic carbocycles. The largest absolute Gasteiger partial charge is 0.341 e. The van der Waals surface area contributed by atoms with E-state index in [1.54, 1.807) is 11.5 Å². The van der Waals surface area contributed by atoms with E-state index in [0.29, 0.717) is 11.5 Å². The van der Waals surface area contributed by atoms with E-state index in [1.807, 2.05) is 35.2 Å². The summed E-state index contributed by atoms with van der Waals surface area (Å²) in [7, 11) is 0. The van der Waals surface area contributed by atoms with Crippen molar-refractivity contribution >= 4 is 16.8 Å². The predicted molar refractivity (Wildman–Crippen MR) is 87.9 cm³/mol. The maximum atomic E-state index is 12.6. The monoisotopic (exact) mass is 298 g/mol. The van der Waals surface area contributed by atoms with Crippen molar-refractivity contribution in [3.05, 3.63) is 46.2 Å². The van der Waals surface area contributed by atoms with Crippen LogP contribution in [0.15, 0.2) is 35.1 Å². The number of nitrogens with zero attached hydrogens (tertiary/aromatic N) is 2. The number of aromatic nitrogens is 1. The molecule has 1 aliphatic rings. The van der Waals surface area contributed by atoms with Crippen LogP contribution >= 0.6 is 0 Å². The summed E-state index contributed by atoms with van der Waals surface area (Å²) in [6.45, 7) is 5.72. The van der Waals surface area contributed by atoms with Gasteiger partial charge in [-0.3, -0.25) is 14.2 Å². The molecule has 4 heteroatoms. The van der Waals surface area contributed by atoms with Crippen molar-refractivity contribution in [3.63, 3.8) is 0 Å². The quantitative estimate of drug-likeness (QED) is 0.855. The van der Waals surface area contributed by atoms with Crippen LogP contribution in [0, 0.1) is 12.8 Å². The first kappa shape index (κ1) is 14.8. The van der Waals surface area contributed by atoms with Crippen LogP contribution in [0.1, 0.15) is 25.3 Å². The van der Waals surface area contributed by atoms with Crippen LogP contribution in [0.2, 0.25) is 0 Å². The van der Waals surface area contributed by atoms with Crippen LogP contribution in [0.5, 0.6) is 0 Å². The minimum absolute atomic E-state index is 0.0457. The van der Waals surface area contributed by atoms with Gasteiger partial charge in [-0.1, -0.05) is 25.1 Å². The van der Waals surface area contributed by atoms with Crippen molar-refractivity contribution in [2.75, 3.05) is 13.1 Å². The van der Waals surface area contributed by atoms with Crippen LogP contribution in [0.25, 0.3) is 10.9 Å². The summed E-state index contributed by atoms with van der Waals surface area (Å²) in [6, 6.07) is 9.63. The van der Waals surface area contributed by atoms with E-state index in [2.05, 4.69) is 6.92 Å². The Morgan fingerprint density at radius 1 is 1.32 bits per heavy atom. The van der Waals surface area contributed by atoms with Crippen molar-refractivity contribution in [3.8, 4) is 0 Å². The molecular weight excluding hydrogens is 276 g/mol. The summed E-state index contributed by atoms with van der Waals surface area (Å²) in [6.07, 6.45) is 2.23. The molecule has 1 unspecified atom stereocenters. The molecule has 22 heavy (non-hydrogen) atoms. The smallest absolute Gasteiger partial charge is 0.254 e. The lowest BCUT2D eigenvalue weighted by Gasteiger charge is -2.31. The van der Waals surface area contributed by atoms with Crippen molar-refractivity contribution in [2.24, 2.45) is 5.92 Å². The summed E-state index contributed by atoms with van der Waals surface area (Å²) in [4.78, 5) is 26.9. The predicted octanol–water partition coefficient (Wildman–Crippen LogP) is 2.57. The van der Waals surface area contributed by atoms with E-state index >= 15 is 0 Å². The fraction of sp³-hybridized carbons (Fsp3) is 0.444. The summed E-state index contributed by atoms with van der Waals surface area (Å²) in [5, 5.41) is 0.999. The first-order valence-electron chi connectivity index (χ1n) is 7.93. The fourth-order valence-corrected chi connectivity index (χ4v) is 3.28. The van der Waals surface area contributed by atoms with Gasteiger partial charge >= 0.3 is 0 Å². The minimum Gasteiger partial charge on any atom is -0.341 e. The lowest BCUT2D eigenvalue weighted by Crippen LogP contribution is -2.42. The normalized spacial score (nSPS) is 18.6. The average Bonchev–Trinajstić information content (AvgIpc) is 2.51. The number of aryl methyl sites for hydroxylation is 1. The molecule has 1 aliphatic heterocycles. The number of piperidine rings is 1. The van der Waals surface area contributed by atoms with E-state index in [1.165, 1.54) is 6.42 Å². The summed E-state index contributed by atoms with van der Waals surface area (Å²) < 4.78 is 1.62. The summed E-state index contributed by atoms with van der Waals surface area (Å²) in [5.41, 5.74) is 1.44. The molecule has 116 valence electrons. The van der Waals surface area contributed by atoms with Gasteiger partial charge in [0.25, 0.3) is 5.56 Å². The molecule has 1 saturated heterocycles. The lowest BCUT2D eigenvalue weighted by atomic mass is 10.0. The maximum absolute atomic E-state index is 12.6. The molecule has 1 amide bonds. The maximum Gasteiger partial charge on any atom is 0.254 e. The first-order chi connectivity index (χ1) is 10.6. The van der Waals surface area contributed by atoms with E-state index < -0.39 is 0 Å². The number of carbonyl (C=O) groups is 1. The second-order valence-corrected chi connectivity index (χ2v) is 6.36. The Kier molecular flexibility index (Phi) is 4.01. The lowest BCUT2D eigenvalue weighted by molar-refractivity contribution is -0.133. The molecule has 3 rings (SSSR count). The molecule has 0 bridgehead atoms. The Morgan fingerprint density at radius 3 is 2.86 bits per heavy atom. The van der Waals surface area contributed by atoms with Gasteiger partial charge in [-0.15, -0.1) is 0 Å². The molecular formula is C18H22N2O2. The van der Waals surface area contributed by atoms with E-state index in [9.17, 15) is 9.59 Å². The number of hydrogen-bond acceptors (Lipinski definition) is 2. The van der Waals surface area contributed by atoms with Gasteiger partial charge in [-0.05, 0) is 43.2 Å². The number of amides is 1. The zero-order valence-electron chi connectivity index (χ0n) is 13.2. The van der Waals surface area contributed by atoms with Gasteiger partial charge in [-0.2, -0.15) is 0 Å². The third-order valence-electron chi connectivity index (χ3n) is 4.49. The van der Waals surface area contributed by atoms with Gasteiger partial charge < -0.3 is 4.90 Å². The van der Waals surface area contributed by atoms with Gasteiger partial charge in [0, 0.05) is 18.7 Å². The summed E-state index contributed by atoms with van der Waals surface area (Å²) >= 11 is 0. The highest BCUT2D eigenvalue weighted by molar-refractivity contribution is 5.82. The van der Waals surface area contributed by atoms with Crippen LogP contribution in [0.3, 0.4) is 0 Å². The molecule has 0 N–H and O–H groups in total. The number of benzene rings is 1. The Morgan fingerprint density at radius 2 is 2.09 bits per heavy atom. The topological polar surface area (TPSA) is 42.3 Å². The van der Waals surface area contributed by atoms with Crippen LogP contribution in [-0.2, 0) is 11.3 Å². The van der Waals surface area contributed by atoms with Gasteiger partial charge in [0.05, 0.1) is 5.52 Å². The second-order valence-electron chi connectivity index (χ2n) is 6.36. The van der Waals surface area contributed by atoms with Crippen molar-refractivity contribution in [1.29, 1.82) is 0 Å². The highest BCUT2D eigenvalue weighted by Crippen LogP contribution is 2.17. The molecule has 2 heterocycles. The van der Waals surface area contributed by atoms with Gasteiger partial charge in [0.1, 0.15) is 6.54 Å². The van der Waals surface area contributed by atoms with Gasteiger partial charge in [0.2, 0.25) is 5.91 Å². The third kappa shape index (κ3) is 2.78. The number of likely N-dealkylation sites (tertiary alicyclic amines) is 1. The number of rotatable bonds is 2. The highest BCUT2D eigenvalue weighted by Gasteiger charge is 2.22. The van der Waals surface area contributed by atoms with Gasteiger partial charge in [-0.25, -0.2) is 0 Å². The van der Waals surface area contributed by atoms with Crippen molar-refractivity contribution in [2.45, 2.75) is 33.2 Å². The molecule has 0 radical (unpaired) electrons. The molecule has 1 fully saturated rings. The van der Waals surface area contributed by atoms with Gasteiger partial charge in [0.15, 0.2) is 0 Å². The molecule has 2 aromatic rings. The molecule has 1 aromatic heterocycles. The average molecular weight is 298 g/mol. The second kappa shape index (κ2) is 5.95. The van der Waals surface area contributed by atoms with Crippen LogP contribution in [0.4, 0.5) is 0 Å². The standard InChI is InChI=1S/C18H22N2O2/c1-13-6-5-9-19(11-13)17(21)12-20-16-8-4-3-7-15(16)10-14(2)18(20)22/h3-4,7-8,10,13H,5-6,9,11-12H2,1-2H3. The summed E-state index contributed by atoms with van der Waals surface area (Å²) in [5.74, 6) is 0.591. The number of carbonyl (C=O) groups excluding carboxylic acids is 1. The molecule has 0 spiro atoms. The fourth-order valence-electron chi connectivity index (χ4n) is 3.28. The number of pyridine rings is 1. The highest BCUT2D eigenvalue weighted by atomic mass is 16.2. The van der Waals surface area contributed by atoms with Crippen LogP contribution in [-0.4, -0.2) is 28.5 Å². The Bertz CT molecular complexity index is 763. The number of para-hydroxylation sites is 1. The number of hydrogen-bond donors (Lipinski definition) is 0. The molecule has 4 nitrogen and oxygen atoms in total. The first-order valence-corrected chi connectivity index (χ1v) is 7.93. The minimum atomic E-state index is -0.0721. The number of fused-ring (bicyclic) bond motifs is 1. The molecule has 1 aromatic carbocycles. The van der Waals surface area contributed by atoms with E-state index in [-0.39, 0.29) is 18.0 Å². The van der Waals surface area contributed by atoms with Crippen molar-refractivity contribution in [1.82, 2.24) is 9.47 Å². The SMILES string of the molecule is Cc1cc2ccccc2n(CC(=O)N2CCCC(C)C2)c1=O. The molecule has 0 saturated carbocycles. The Labute approximate surface area is 130 Å². The third-order valence-corrected chi connectivity index (χ3v) is 4.49. The molecule has 1 atom stereocenters. The van der Waals surface area contributed by atoms with Crippen LogP contribution < -0.4 is 5.56 Å². The zero-order valence-corrected chi connectivity index (χ0v) is 13.2. The van der Waals surface area contributed by atoms with Crippen molar-refractivity contribution < 1.29 is 4.79 Å². The van der Waals surface area contributed by atoms with E-state index in [0.717, 1.165) is 30.4 Å². The Hall–Kier alpha value is -2.10.